The highest BCUT2D eigenvalue weighted by Gasteiger charge is 2.78. The predicted molar refractivity (Wildman–Crippen MR) is 91.5 cm³/mol. The lowest BCUT2D eigenvalue weighted by Crippen LogP contribution is -2.71. The minimum Gasteiger partial charge on any atom is -0.493 e. The predicted octanol–water partition coefficient (Wildman–Crippen LogP) is 2.68. The van der Waals surface area contributed by atoms with Gasteiger partial charge in [-0.05, 0) is 6.07 Å². The lowest BCUT2D eigenvalue weighted by Gasteiger charge is -2.60. The van der Waals surface area contributed by atoms with E-state index in [1.807, 2.05) is 18.2 Å². The van der Waals surface area contributed by atoms with Crippen LogP contribution < -0.4 is 9.47 Å². The van der Waals surface area contributed by atoms with Crippen LogP contribution in [-0.4, -0.2) is 25.9 Å². The van der Waals surface area contributed by atoms with Gasteiger partial charge in [-0.25, -0.2) is 0 Å². The summed E-state index contributed by atoms with van der Waals surface area (Å²) in [6.07, 6.45) is -1.13. The Hall–Kier alpha value is -3.28. The third-order valence-electron chi connectivity index (χ3n) is 5.71. The Morgan fingerprint density at radius 3 is 2.30 bits per heavy atom. The first-order valence-electron chi connectivity index (χ1n) is 8.22. The van der Waals surface area contributed by atoms with Crippen LogP contribution in [0.25, 0.3) is 0 Å². The number of methoxy groups -OCH3 is 2. The molecule has 0 radical (unpaired) electrons. The minimum atomic E-state index is -1.96. The molecule has 138 valence electrons. The van der Waals surface area contributed by atoms with Crippen LogP contribution in [0.4, 0.5) is 0 Å². The van der Waals surface area contributed by atoms with Gasteiger partial charge in [0.05, 0.1) is 38.3 Å². The van der Waals surface area contributed by atoms with Gasteiger partial charge in [-0.1, -0.05) is 19.1 Å². The molecule has 27 heavy (non-hydrogen) atoms. The summed E-state index contributed by atoms with van der Waals surface area (Å²) in [6, 6.07) is 11.0. The fraction of sp³-hybridized carbons (Fsp3) is 0.474. The Balaban J connectivity index is 2.38. The lowest BCUT2D eigenvalue weighted by atomic mass is 9.51. The average Bonchev–Trinajstić information content (AvgIpc) is 2.68. The van der Waals surface area contributed by atoms with Crippen LogP contribution in [0.15, 0.2) is 18.2 Å². The number of nitrogens with one attached hydrogen (secondary N) is 1. The van der Waals surface area contributed by atoms with Crippen molar-refractivity contribution < 1.29 is 18.9 Å². The van der Waals surface area contributed by atoms with Gasteiger partial charge in [-0.3, -0.25) is 5.41 Å². The monoisotopic (exact) mass is 366 g/mol. The number of hydrogen-bond donors (Lipinski definition) is 1. The fourth-order valence-electron chi connectivity index (χ4n) is 4.07. The van der Waals surface area contributed by atoms with Gasteiger partial charge in [0.25, 0.3) is 0 Å². The molecule has 1 aromatic rings. The third kappa shape index (κ3) is 1.95. The quantitative estimate of drug-likeness (QED) is 0.869. The lowest BCUT2D eigenvalue weighted by molar-refractivity contribution is -0.338. The van der Waals surface area contributed by atoms with Crippen LogP contribution in [0.5, 0.6) is 11.5 Å². The van der Waals surface area contributed by atoms with Crippen molar-refractivity contribution in [2.45, 2.75) is 25.7 Å². The van der Waals surface area contributed by atoms with E-state index >= 15 is 0 Å². The van der Waals surface area contributed by atoms with Crippen LogP contribution in [0.2, 0.25) is 0 Å². The first kappa shape index (κ1) is 18.5. The molecule has 0 aliphatic carbocycles. The maximum Gasteiger partial charge on any atom is 0.215 e. The molecule has 0 aromatic heterocycles. The Morgan fingerprint density at radius 1 is 1.11 bits per heavy atom. The molecule has 0 amide bonds. The molecule has 3 aliphatic heterocycles. The molecule has 2 bridgehead atoms. The van der Waals surface area contributed by atoms with E-state index in [-0.39, 0.29) is 0 Å². The molecule has 8 heteroatoms. The first-order valence-corrected chi connectivity index (χ1v) is 8.22. The highest BCUT2D eigenvalue weighted by atomic mass is 16.7. The largest absolute Gasteiger partial charge is 0.493 e. The summed E-state index contributed by atoms with van der Waals surface area (Å²) < 4.78 is 22.5. The van der Waals surface area contributed by atoms with Crippen molar-refractivity contribution >= 4 is 5.90 Å². The van der Waals surface area contributed by atoms with Gasteiger partial charge < -0.3 is 18.9 Å². The van der Waals surface area contributed by atoms with Crippen LogP contribution in [0.1, 0.15) is 25.5 Å². The number of nitrogens with zero attached hydrogens (tertiary/aromatic N) is 3. The Bertz CT molecular complexity index is 926. The van der Waals surface area contributed by atoms with Gasteiger partial charge in [-0.15, -0.1) is 0 Å². The van der Waals surface area contributed by atoms with Crippen molar-refractivity contribution in [3.8, 4) is 29.7 Å². The van der Waals surface area contributed by atoms with Gasteiger partial charge in [0.15, 0.2) is 22.3 Å². The van der Waals surface area contributed by atoms with Gasteiger partial charge in [0, 0.05) is 12.5 Å². The fourth-order valence-corrected chi connectivity index (χ4v) is 4.07. The highest BCUT2D eigenvalue weighted by molar-refractivity contribution is 5.89. The number of nitriles is 3. The summed E-state index contributed by atoms with van der Waals surface area (Å²) in [5.74, 6) is -1.96. The van der Waals surface area contributed by atoms with E-state index in [2.05, 4.69) is 0 Å². The molecule has 3 fully saturated rings. The number of benzene rings is 1. The number of fused-ring (bicyclic) bond motifs is 3. The molecule has 4 atom stereocenters. The maximum absolute atomic E-state index is 10.1. The summed E-state index contributed by atoms with van der Waals surface area (Å²) in [5, 5.41) is 38.5. The van der Waals surface area contributed by atoms with E-state index < -0.39 is 34.5 Å². The highest BCUT2D eigenvalue weighted by Crippen LogP contribution is 2.67. The average molecular weight is 366 g/mol. The molecule has 3 aliphatic rings. The topological polar surface area (TPSA) is 132 Å². The molecule has 0 spiro atoms. The second-order valence-electron chi connectivity index (χ2n) is 6.70. The molecular formula is C19H18N4O4. The molecule has 1 aromatic carbocycles. The SMILES string of the molecule is COc1cccc(C2OC3(C)OC(=N)C2(C#N)C(C#N)(C#N)C3C)c1OC. The van der Waals surface area contributed by atoms with Crippen LogP contribution >= 0.6 is 0 Å². The van der Waals surface area contributed by atoms with E-state index in [0.29, 0.717) is 17.1 Å². The van der Waals surface area contributed by atoms with Gasteiger partial charge >= 0.3 is 0 Å². The number of hydrogen-bond acceptors (Lipinski definition) is 8. The number of rotatable bonds is 3. The Kier molecular flexibility index (Phi) is 4.03. The van der Waals surface area contributed by atoms with Gasteiger partial charge in [-0.2, -0.15) is 15.8 Å². The smallest absolute Gasteiger partial charge is 0.215 e. The van der Waals surface area contributed by atoms with Crippen molar-refractivity contribution in [1.29, 1.82) is 21.2 Å². The van der Waals surface area contributed by atoms with Crippen molar-refractivity contribution in [1.82, 2.24) is 0 Å². The normalized spacial score (nSPS) is 33.1. The summed E-state index contributed by atoms with van der Waals surface area (Å²) in [5.41, 5.74) is -3.41. The van der Waals surface area contributed by atoms with E-state index in [0.717, 1.165) is 0 Å². The maximum atomic E-state index is 10.1. The van der Waals surface area contributed by atoms with Gasteiger partial charge in [0.1, 0.15) is 6.10 Å². The van der Waals surface area contributed by atoms with Crippen molar-refractivity contribution in [2.24, 2.45) is 16.7 Å². The van der Waals surface area contributed by atoms with Gasteiger partial charge in [0.2, 0.25) is 11.7 Å². The standard InChI is InChI=1S/C19H18N4O4/c1-11-17(2)26-15(12-6-5-7-13(24-3)14(12)25-4)19(10-22,16(23)27-17)18(11,8-20)9-21/h5-7,11,15,23H,1-4H3. The third-order valence-corrected chi connectivity index (χ3v) is 5.71. The molecule has 0 saturated carbocycles. The second kappa shape index (κ2) is 5.87. The summed E-state index contributed by atoms with van der Waals surface area (Å²) >= 11 is 0. The van der Waals surface area contributed by atoms with Crippen LogP contribution in [0, 0.1) is 56.2 Å². The summed E-state index contributed by atoms with van der Waals surface area (Å²) in [4.78, 5) is 0. The first-order chi connectivity index (χ1) is 12.8. The Morgan fingerprint density at radius 2 is 1.78 bits per heavy atom. The molecule has 1 N–H and O–H groups in total. The number of ether oxygens (including phenoxy) is 4. The molecular weight excluding hydrogens is 348 g/mol. The second-order valence-corrected chi connectivity index (χ2v) is 6.70. The van der Waals surface area contributed by atoms with E-state index in [9.17, 15) is 15.8 Å². The molecule has 8 nitrogen and oxygen atoms in total. The molecule has 4 unspecified atom stereocenters. The molecule has 3 heterocycles. The van der Waals surface area contributed by atoms with Crippen molar-refractivity contribution in [2.75, 3.05) is 14.2 Å². The number of para-hydroxylation sites is 1. The minimum absolute atomic E-state index is 0.306. The molecule has 3 saturated heterocycles. The molecule has 4 rings (SSSR count). The van der Waals surface area contributed by atoms with Crippen LogP contribution in [-0.2, 0) is 9.47 Å². The van der Waals surface area contributed by atoms with Crippen molar-refractivity contribution in [3.63, 3.8) is 0 Å². The van der Waals surface area contributed by atoms with Crippen LogP contribution in [0.3, 0.4) is 0 Å². The zero-order valence-electron chi connectivity index (χ0n) is 15.4. The van der Waals surface area contributed by atoms with E-state index in [4.69, 9.17) is 24.4 Å². The van der Waals surface area contributed by atoms with E-state index in [1.54, 1.807) is 32.0 Å². The summed E-state index contributed by atoms with van der Waals surface area (Å²) in [6.45, 7) is 3.18. The zero-order chi connectivity index (χ0) is 20.0. The van der Waals surface area contributed by atoms with Crippen molar-refractivity contribution in [3.05, 3.63) is 23.8 Å². The zero-order valence-corrected chi connectivity index (χ0v) is 15.4. The Labute approximate surface area is 156 Å². The van der Waals surface area contributed by atoms with E-state index in [1.165, 1.54) is 14.2 Å². The summed E-state index contributed by atoms with van der Waals surface area (Å²) in [7, 11) is 2.91.